The van der Waals surface area contributed by atoms with Crippen molar-refractivity contribution in [3.05, 3.63) is 76.7 Å². The van der Waals surface area contributed by atoms with Crippen molar-refractivity contribution in [2.75, 3.05) is 5.73 Å². The predicted molar refractivity (Wildman–Crippen MR) is 93.9 cm³/mol. The van der Waals surface area contributed by atoms with Crippen molar-refractivity contribution in [3.8, 4) is 16.8 Å². The van der Waals surface area contributed by atoms with Crippen molar-refractivity contribution in [2.24, 2.45) is 0 Å². The Labute approximate surface area is 134 Å². The molecular formula is C18H16N2OS. The number of hydrogen-bond acceptors (Lipinski definition) is 3. The highest BCUT2D eigenvalue weighted by Gasteiger charge is 2.17. The highest BCUT2D eigenvalue weighted by atomic mass is 32.1. The fraction of sp³-hybridized carbons (Fsp3) is 0.0556. The van der Waals surface area contributed by atoms with Crippen molar-refractivity contribution >= 4 is 18.3 Å². The van der Waals surface area contributed by atoms with Gasteiger partial charge in [0.25, 0.3) is 5.56 Å². The van der Waals surface area contributed by atoms with Crippen molar-refractivity contribution in [1.29, 1.82) is 0 Å². The molecule has 0 unspecified atom stereocenters. The Morgan fingerprint density at radius 3 is 2.09 bits per heavy atom. The lowest BCUT2D eigenvalue weighted by molar-refractivity contribution is 0.908. The molecule has 0 saturated heterocycles. The lowest BCUT2D eigenvalue weighted by atomic mass is 10.0. The van der Waals surface area contributed by atoms with E-state index in [1.807, 2.05) is 67.6 Å². The number of aromatic nitrogens is 1. The Morgan fingerprint density at radius 1 is 0.955 bits per heavy atom. The van der Waals surface area contributed by atoms with Gasteiger partial charge in [0.1, 0.15) is 0 Å². The molecule has 0 aliphatic heterocycles. The van der Waals surface area contributed by atoms with Gasteiger partial charge in [-0.2, -0.15) is 0 Å². The summed E-state index contributed by atoms with van der Waals surface area (Å²) >= 11 is 4.34. The molecule has 0 aliphatic carbocycles. The minimum absolute atomic E-state index is 0.204. The number of anilines is 1. The summed E-state index contributed by atoms with van der Waals surface area (Å²) in [6.07, 6.45) is 0. The maximum atomic E-state index is 12.6. The molecule has 0 radical (unpaired) electrons. The van der Waals surface area contributed by atoms with Gasteiger partial charge in [0.2, 0.25) is 0 Å². The maximum Gasteiger partial charge on any atom is 0.270 e. The summed E-state index contributed by atoms with van der Waals surface area (Å²) in [6.45, 7) is 1.90. The third kappa shape index (κ3) is 2.31. The number of pyridine rings is 1. The van der Waals surface area contributed by atoms with Gasteiger partial charge in [-0.05, 0) is 24.6 Å². The molecule has 22 heavy (non-hydrogen) atoms. The summed E-state index contributed by atoms with van der Waals surface area (Å²) in [5.41, 5.74) is 9.81. The first-order valence-corrected chi connectivity index (χ1v) is 7.41. The fourth-order valence-electron chi connectivity index (χ4n) is 2.66. The molecule has 2 aromatic carbocycles. The van der Waals surface area contributed by atoms with E-state index in [9.17, 15) is 4.79 Å². The van der Waals surface area contributed by atoms with Crippen LogP contribution in [0.3, 0.4) is 0 Å². The van der Waals surface area contributed by atoms with Crippen molar-refractivity contribution in [1.82, 2.24) is 4.57 Å². The van der Waals surface area contributed by atoms with Gasteiger partial charge in [0.05, 0.1) is 10.6 Å². The Morgan fingerprint density at radius 2 is 1.50 bits per heavy atom. The van der Waals surface area contributed by atoms with E-state index in [0.29, 0.717) is 5.69 Å². The van der Waals surface area contributed by atoms with Crippen LogP contribution in [0.15, 0.2) is 70.4 Å². The first-order chi connectivity index (χ1) is 10.6. The van der Waals surface area contributed by atoms with Crippen LogP contribution < -0.4 is 11.3 Å². The molecule has 3 rings (SSSR count). The Balaban J connectivity index is 2.39. The number of nitrogens with zero attached hydrogens (tertiary/aromatic N) is 1. The first kappa shape index (κ1) is 14.5. The second kappa shape index (κ2) is 5.73. The minimum Gasteiger partial charge on any atom is -0.397 e. The smallest absolute Gasteiger partial charge is 0.270 e. The Kier molecular flexibility index (Phi) is 3.77. The zero-order valence-electron chi connectivity index (χ0n) is 12.2. The van der Waals surface area contributed by atoms with E-state index in [0.717, 1.165) is 22.5 Å². The Bertz CT molecular complexity index is 871. The van der Waals surface area contributed by atoms with Gasteiger partial charge in [-0.1, -0.05) is 48.5 Å². The van der Waals surface area contributed by atoms with E-state index in [1.165, 1.54) is 0 Å². The molecule has 2 N–H and O–H groups in total. The maximum absolute atomic E-state index is 12.6. The summed E-state index contributed by atoms with van der Waals surface area (Å²) in [5, 5.41) is 0. The number of para-hydroxylation sites is 1. The number of nitrogen functional groups attached to an aromatic ring is 1. The van der Waals surface area contributed by atoms with Crippen LogP contribution >= 0.6 is 12.6 Å². The topological polar surface area (TPSA) is 48.0 Å². The molecule has 0 spiro atoms. The third-order valence-corrected chi connectivity index (χ3v) is 4.14. The average Bonchev–Trinajstić information content (AvgIpc) is 2.55. The quantitative estimate of drug-likeness (QED) is 0.709. The molecule has 0 aliphatic rings. The van der Waals surface area contributed by atoms with E-state index in [4.69, 9.17) is 5.73 Å². The first-order valence-electron chi connectivity index (χ1n) is 6.96. The Hall–Kier alpha value is -2.46. The molecule has 0 amide bonds. The molecule has 3 nitrogen and oxygen atoms in total. The molecule has 3 aromatic rings. The highest BCUT2D eigenvalue weighted by Crippen LogP contribution is 2.32. The second-order valence-electron chi connectivity index (χ2n) is 5.06. The number of rotatable bonds is 2. The van der Waals surface area contributed by atoms with Crippen LogP contribution in [0.5, 0.6) is 0 Å². The largest absolute Gasteiger partial charge is 0.397 e. The minimum atomic E-state index is -0.204. The van der Waals surface area contributed by atoms with Gasteiger partial charge >= 0.3 is 0 Å². The van der Waals surface area contributed by atoms with E-state index < -0.39 is 0 Å². The molecule has 1 heterocycles. The van der Waals surface area contributed by atoms with Crippen LogP contribution in [-0.4, -0.2) is 4.57 Å². The normalized spacial score (nSPS) is 10.6. The van der Waals surface area contributed by atoms with Crippen LogP contribution in [0, 0.1) is 6.92 Å². The standard InChI is InChI=1S/C18H16N2OS/c1-12-15(13-8-4-2-5-9-13)16(19)17(22)18(21)20(12)14-10-6-3-7-11-14/h2-11,22H,19H2,1H3. The molecule has 1 aromatic heterocycles. The number of benzene rings is 2. The summed E-state index contributed by atoms with van der Waals surface area (Å²) < 4.78 is 1.65. The average molecular weight is 308 g/mol. The molecule has 0 saturated carbocycles. The summed E-state index contributed by atoms with van der Waals surface area (Å²) in [4.78, 5) is 12.9. The highest BCUT2D eigenvalue weighted by molar-refractivity contribution is 7.80. The lowest BCUT2D eigenvalue weighted by Crippen LogP contribution is -2.24. The van der Waals surface area contributed by atoms with E-state index in [1.54, 1.807) is 4.57 Å². The summed E-state index contributed by atoms with van der Waals surface area (Å²) in [6, 6.07) is 19.3. The molecule has 110 valence electrons. The van der Waals surface area contributed by atoms with Crippen LogP contribution in [0.1, 0.15) is 5.69 Å². The molecule has 0 atom stereocenters. The molecular weight excluding hydrogens is 292 g/mol. The van der Waals surface area contributed by atoms with Gasteiger partial charge in [-0.3, -0.25) is 9.36 Å². The van der Waals surface area contributed by atoms with Gasteiger partial charge in [0, 0.05) is 16.9 Å². The van der Waals surface area contributed by atoms with E-state index in [2.05, 4.69) is 12.6 Å². The van der Waals surface area contributed by atoms with Crippen LogP contribution in [0.2, 0.25) is 0 Å². The van der Waals surface area contributed by atoms with Gasteiger partial charge < -0.3 is 5.73 Å². The number of hydrogen-bond donors (Lipinski definition) is 2. The van der Waals surface area contributed by atoms with Gasteiger partial charge in [-0.15, -0.1) is 12.6 Å². The molecule has 0 bridgehead atoms. The monoisotopic (exact) mass is 308 g/mol. The number of nitrogens with two attached hydrogens (primary N) is 1. The van der Waals surface area contributed by atoms with Gasteiger partial charge in [0.15, 0.2) is 0 Å². The van der Waals surface area contributed by atoms with Crippen LogP contribution in [0.4, 0.5) is 5.69 Å². The second-order valence-corrected chi connectivity index (χ2v) is 5.51. The molecule has 0 fully saturated rings. The van der Waals surface area contributed by atoms with Crippen LogP contribution in [-0.2, 0) is 0 Å². The zero-order valence-corrected chi connectivity index (χ0v) is 13.0. The van der Waals surface area contributed by atoms with E-state index >= 15 is 0 Å². The van der Waals surface area contributed by atoms with Crippen molar-refractivity contribution in [2.45, 2.75) is 11.8 Å². The number of thiol groups is 1. The predicted octanol–water partition coefficient (Wildman–Crippen LogP) is 3.68. The van der Waals surface area contributed by atoms with Crippen LogP contribution in [0.25, 0.3) is 16.8 Å². The summed E-state index contributed by atoms with van der Waals surface area (Å²) in [5.74, 6) is 0. The van der Waals surface area contributed by atoms with Crippen molar-refractivity contribution < 1.29 is 0 Å². The summed E-state index contributed by atoms with van der Waals surface area (Å²) in [7, 11) is 0. The third-order valence-electron chi connectivity index (χ3n) is 3.70. The lowest BCUT2D eigenvalue weighted by Gasteiger charge is -2.18. The fourth-order valence-corrected chi connectivity index (χ4v) is 2.87. The van der Waals surface area contributed by atoms with Crippen molar-refractivity contribution in [3.63, 3.8) is 0 Å². The van der Waals surface area contributed by atoms with Gasteiger partial charge in [-0.25, -0.2) is 0 Å². The SMILES string of the molecule is Cc1c(-c2ccccc2)c(N)c(S)c(=O)n1-c1ccccc1. The molecule has 4 heteroatoms. The zero-order chi connectivity index (χ0) is 15.7. The van der Waals surface area contributed by atoms with E-state index in [-0.39, 0.29) is 10.5 Å².